The van der Waals surface area contributed by atoms with Crippen LogP contribution in [0.4, 0.5) is 5.95 Å². The molecule has 3 rings (SSSR count). The predicted octanol–water partition coefficient (Wildman–Crippen LogP) is 0.565. The standard InChI is InChI=1S/C15H22N6O2/c1-20-12(18-19-13(20)10-22)9-11-4-7-21(8-5-11)15-16-6-3-14(17-15)23-2/h3,6,11,22H,4-5,7-10H2,1-2H3. The molecule has 2 aromatic heterocycles. The van der Waals surface area contributed by atoms with Crippen molar-refractivity contribution in [2.75, 3.05) is 25.1 Å². The summed E-state index contributed by atoms with van der Waals surface area (Å²) in [6, 6.07) is 1.75. The van der Waals surface area contributed by atoms with Gasteiger partial charge in [-0.2, -0.15) is 4.98 Å². The summed E-state index contributed by atoms with van der Waals surface area (Å²) in [7, 11) is 3.51. The average molecular weight is 318 g/mol. The van der Waals surface area contributed by atoms with Gasteiger partial charge in [-0.25, -0.2) is 4.98 Å². The molecule has 0 atom stereocenters. The first-order valence-electron chi connectivity index (χ1n) is 7.81. The molecule has 0 bridgehead atoms. The van der Waals surface area contributed by atoms with Crippen LogP contribution in [0.3, 0.4) is 0 Å². The van der Waals surface area contributed by atoms with Crippen molar-refractivity contribution in [3.8, 4) is 5.88 Å². The van der Waals surface area contributed by atoms with E-state index < -0.39 is 0 Å². The number of piperidine rings is 1. The summed E-state index contributed by atoms with van der Waals surface area (Å²) < 4.78 is 7.04. The predicted molar refractivity (Wildman–Crippen MR) is 84.2 cm³/mol. The minimum Gasteiger partial charge on any atom is -0.481 e. The zero-order valence-electron chi connectivity index (χ0n) is 13.5. The van der Waals surface area contributed by atoms with Crippen LogP contribution in [0.25, 0.3) is 0 Å². The second kappa shape index (κ2) is 6.91. The van der Waals surface area contributed by atoms with Gasteiger partial charge < -0.3 is 19.3 Å². The van der Waals surface area contributed by atoms with Gasteiger partial charge in [0, 0.05) is 38.8 Å². The molecule has 0 amide bonds. The van der Waals surface area contributed by atoms with Crippen LogP contribution in [0, 0.1) is 5.92 Å². The second-order valence-electron chi connectivity index (χ2n) is 5.78. The van der Waals surface area contributed by atoms with Crippen molar-refractivity contribution in [1.82, 2.24) is 24.7 Å². The molecule has 23 heavy (non-hydrogen) atoms. The van der Waals surface area contributed by atoms with Crippen molar-refractivity contribution >= 4 is 5.95 Å². The topological polar surface area (TPSA) is 89.2 Å². The molecule has 2 aromatic rings. The zero-order valence-corrected chi connectivity index (χ0v) is 13.5. The van der Waals surface area contributed by atoms with Crippen molar-refractivity contribution < 1.29 is 9.84 Å². The van der Waals surface area contributed by atoms with Gasteiger partial charge in [0.05, 0.1) is 7.11 Å². The van der Waals surface area contributed by atoms with E-state index in [2.05, 4.69) is 25.1 Å². The molecule has 1 saturated heterocycles. The van der Waals surface area contributed by atoms with Crippen molar-refractivity contribution in [2.45, 2.75) is 25.9 Å². The maximum absolute atomic E-state index is 9.19. The number of aliphatic hydroxyl groups excluding tert-OH is 1. The Labute approximate surface area is 135 Å². The number of rotatable bonds is 5. The minimum atomic E-state index is -0.0743. The molecular formula is C15H22N6O2. The lowest BCUT2D eigenvalue weighted by atomic mass is 9.93. The highest BCUT2D eigenvalue weighted by Crippen LogP contribution is 2.24. The summed E-state index contributed by atoms with van der Waals surface area (Å²) in [5, 5.41) is 17.4. The number of nitrogens with zero attached hydrogens (tertiary/aromatic N) is 6. The van der Waals surface area contributed by atoms with Crippen molar-refractivity contribution in [1.29, 1.82) is 0 Å². The van der Waals surface area contributed by atoms with E-state index in [9.17, 15) is 5.11 Å². The largest absolute Gasteiger partial charge is 0.481 e. The van der Waals surface area contributed by atoms with Crippen molar-refractivity contribution in [3.63, 3.8) is 0 Å². The monoisotopic (exact) mass is 318 g/mol. The molecule has 0 spiro atoms. The highest BCUT2D eigenvalue weighted by molar-refractivity contribution is 5.32. The molecule has 124 valence electrons. The summed E-state index contributed by atoms with van der Waals surface area (Å²) >= 11 is 0. The van der Waals surface area contributed by atoms with Crippen LogP contribution in [0.15, 0.2) is 12.3 Å². The van der Waals surface area contributed by atoms with E-state index in [1.165, 1.54) is 0 Å². The first-order valence-corrected chi connectivity index (χ1v) is 7.81. The number of ether oxygens (including phenoxy) is 1. The van der Waals surface area contributed by atoms with Crippen molar-refractivity contribution in [2.24, 2.45) is 13.0 Å². The van der Waals surface area contributed by atoms with Crippen LogP contribution >= 0.6 is 0 Å². The van der Waals surface area contributed by atoms with E-state index >= 15 is 0 Å². The highest BCUT2D eigenvalue weighted by Gasteiger charge is 2.23. The van der Waals surface area contributed by atoms with Crippen LogP contribution in [-0.4, -0.2) is 50.0 Å². The van der Waals surface area contributed by atoms with Crippen LogP contribution in [-0.2, 0) is 20.1 Å². The van der Waals surface area contributed by atoms with E-state index in [4.69, 9.17) is 4.74 Å². The molecule has 1 aliphatic rings. The maximum atomic E-state index is 9.19. The number of aromatic nitrogens is 5. The average Bonchev–Trinajstić information content (AvgIpc) is 2.95. The van der Waals surface area contributed by atoms with E-state index in [1.54, 1.807) is 19.4 Å². The van der Waals surface area contributed by atoms with Gasteiger partial charge in [0.15, 0.2) is 5.82 Å². The van der Waals surface area contributed by atoms with E-state index in [0.717, 1.165) is 44.1 Å². The van der Waals surface area contributed by atoms with Crippen LogP contribution in [0.5, 0.6) is 5.88 Å². The van der Waals surface area contributed by atoms with E-state index in [1.807, 2.05) is 11.6 Å². The molecule has 1 aliphatic heterocycles. The quantitative estimate of drug-likeness (QED) is 0.862. The Balaban J connectivity index is 1.58. The van der Waals surface area contributed by atoms with E-state index in [-0.39, 0.29) is 6.61 Å². The van der Waals surface area contributed by atoms with Gasteiger partial charge in [0.1, 0.15) is 12.4 Å². The summed E-state index contributed by atoms with van der Waals surface area (Å²) in [4.78, 5) is 10.9. The summed E-state index contributed by atoms with van der Waals surface area (Å²) in [5.74, 6) is 3.43. The highest BCUT2D eigenvalue weighted by atomic mass is 16.5. The Bertz CT molecular complexity index is 651. The van der Waals surface area contributed by atoms with Gasteiger partial charge >= 0.3 is 0 Å². The molecule has 1 fully saturated rings. The maximum Gasteiger partial charge on any atom is 0.228 e. The fraction of sp³-hybridized carbons (Fsp3) is 0.600. The SMILES string of the molecule is COc1ccnc(N2CCC(Cc3nnc(CO)n3C)CC2)n1. The normalized spacial score (nSPS) is 15.9. The van der Waals surface area contributed by atoms with Crippen molar-refractivity contribution in [3.05, 3.63) is 23.9 Å². The molecule has 0 aliphatic carbocycles. The molecule has 3 heterocycles. The van der Waals surface area contributed by atoms with Crippen LogP contribution in [0.2, 0.25) is 0 Å². The minimum absolute atomic E-state index is 0.0743. The van der Waals surface area contributed by atoms with Gasteiger partial charge in [-0.3, -0.25) is 0 Å². The molecule has 0 aromatic carbocycles. The van der Waals surface area contributed by atoms with E-state index in [0.29, 0.717) is 17.6 Å². The number of hydrogen-bond acceptors (Lipinski definition) is 7. The Hall–Kier alpha value is -2.22. The summed E-state index contributed by atoms with van der Waals surface area (Å²) in [5.41, 5.74) is 0. The molecule has 1 N–H and O–H groups in total. The van der Waals surface area contributed by atoms with Gasteiger partial charge in [0.2, 0.25) is 11.8 Å². The summed E-state index contributed by atoms with van der Waals surface area (Å²) in [6.45, 7) is 1.76. The number of methoxy groups -OCH3 is 1. The number of anilines is 1. The molecule has 8 nitrogen and oxygen atoms in total. The fourth-order valence-corrected chi connectivity index (χ4v) is 2.91. The first kappa shape index (κ1) is 15.7. The molecule has 8 heteroatoms. The third-order valence-corrected chi connectivity index (χ3v) is 4.39. The van der Waals surface area contributed by atoms with Gasteiger partial charge in [-0.15, -0.1) is 10.2 Å². The second-order valence-corrected chi connectivity index (χ2v) is 5.78. The van der Waals surface area contributed by atoms with Gasteiger partial charge in [-0.1, -0.05) is 0 Å². The lowest BCUT2D eigenvalue weighted by Gasteiger charge is -2.31. The number of aliphatic hydroxyl groups is 1. The third kappa shape index (κ3) is 3.42. The first-order chi connectivity index (χ1) is 11.2. The Morgan fingerprint density at radius 1 is 1.26 bits per heavy atom. The van der Waals surface area contributed by atoms with Gasteiger partial charge in [-0.05, 0) is 18.8 Å². The van der Waals surface area contributed by atoms with Crippen LogP contribution < -0.4 is 9.64 Å². The third-order valence-electron chi connectivity index (χ3n) is 4.39. The fourth-order valence-electron chi connectivity index (χ4n) is 2.91. The Morgan fingerprint density at radius 2 is 2.00 bits per heavy atom. The molecule has 0 radical (unpaired) electrons. The molecule has 0 unspecified atom stereocenters. The van der Waals surface area contributed by atoms with Gasteiger partial charge in [0.25, 0.3) is 0 Å². The Kier molecular flexibility index (Phi) is 4.71. The lowest BCUT2D eigenvalue weighted by molar-refractivity contribution is 0.266. The molecule has 0 saturated carbocycles. The number of hydrogen-bond donors (Lipinski definition) is 1. The summed E-state index contributed by atoms with van der Waals surface area (Å²) in [6.07, 6.45) is 4.73. The molecular weight excluding hydrogens is 296 g/mol. The van der Waals surface area contributed by atoms with Crippen LogP contribution in [0.1, 0.15) is 24.5 Å². The lowest BCUT2D eigenvalue weighted by Crippen LogP contribution is -2.35. The Morgan fingerprint density at radius 3 is 2.65 bits per heavy atom. The zero-order chi connectivity index (χ0) is 16.2. The smallest absolute Gasteiger partial charge is 0.228 e.